The number of rotatable bonds is 6. The van der Waals surface area contributed by atoms with Crippen molar-refractivity contribution in [2.24, 2.45) is 5.73 Å². The van der Waals surface area contributed by atoms with Crippen molar-refractivity contribution in [1.82, 2.24) is 0 Å². The van der Waals surface area contributed by atoms with Gasteiger partial charge in [-0.05, 0) is 13.3 Å². The molecule has 5 heteroatoms. The molecule has 0 aliphatic rings. The van der Waals surface area contributed by atoms with Gasteiger partial charge in [0.15, 0.2) is 5.78 Å². The maximum absolute atomic E-state index is 10.3. The zero-order chi connectivity index (χ0) is 9.56. The van der Waals surface area contributed by atoms with E-state index in [1.54, 1.807) is 0 Å². The lowest BCUT2D eigenvalue weighted by molar-refractivity contribution is -0.139. The van der Waals surface area contributed by atoms with Crippen LogP contribution in [0.4, 0.5) is 0 Å². The zero-order valence-electron chi connectivity index (χ0n) is 6.95. The van der Waals surface area contributed by atoms with Crippen LogP contribution < -0.4 is 5.73 Å². The Morgan fingerprint density at radius 1 is 1.58 bits per heavy atom. The van der Waals surface area contributed by atoms with Crippen LogP contribution in [0.1, 0.15) is 13.3 Å². The summed E-state index contributed by atoms with van der Waals surface area (Å²) in [5.41, 5.74) is 5.17. The third kappa shape index (κ3) is 5.82. The third-order valence-electron chi connectivity index (χ3n) is 1.20. The number of ether oxygens (including phenoxy) is 1. The molecule has 0 spiro atoms. The Hall–Kier alpha value is -0.940. The van der Waals surface area contributed by atoms with Gasteiger partial charge >= 0.3 is 5.97 Å². The first-order valence-electron chi connectivity index (χ1n) is 3.59. The molecule has 0 aliphatic heterocycles. The molecule has 0 radical (unpaired) electrons. The number of carboxylic acid groups (broad SMARTS) is 1. The summed E-state index contributed by atoms with van der Waals surface area (Å²) in [6, 6.07) is -0.906. The molecule has 0 aromatic carbocycles. The minimum atomic E-state index is -1.05. The van der Waals surface area contributed by atoms with Gasteiger partial charge in [-0.1, -0.05) is 0 Å². The zero-order valence-corrected chi connectivity index (χ0v) is 6.95. The maximum Gasteiger partial charge on any atom is 0.320 e. The molecule has 0 saturated carbocycles. The average Bonchev–Trinajstić information content (AvgIpc) is 1.97. The van der Waals surface area contributed by atoms with Crippen LogP contribution in [-0.2, 0) is 14.3 Å². The molecule has 12 heavy (non-hydrogen) atoms. The summed E-state index contributed by atoms with van der Waals surface area (Å²) in [5, 5.41) is 8.34. The summed E-state index contributed by atoms with van der Waals surface area (Å²) in [6.45, 7) is 1.62. The molecule has 0 bridgehead atoms. The van der Waals surface area contributed by atoms with Gasteiger partial charge in [-0.2, -0.15) is 0 Å². The lowest BCUT2D eigenvalue weighted by Crippen LogP contribution is -2.31. The first-order valence-corrected chi connectivity index (χ1v) is 3.59. The molecule has 0 aromatic heterocycles. The van der Waals surface area contributed by atoms with Crippen molar-refractivity contribution < 1.29 is 19.4 Å². The van der Waals surface area contributed by atoms with Crippen LogP contribution in [0.2, 0.25) is 0 Å². The molecule has 70 valence electrons. The fraction of sp³-hybridized carbons (Fsp3) is 0.714. The van der Waals surface area contributed by atoms with Gasteiger partial charge in [-0.25, -0.2) is 0 Å². The number of Topliss-reactive ketones (excluding diaryl/α,β-unsaturated/α-hetero) is 1. The van der Waals surface area contributed by atoms with Crippen LogP contribution >= 0.6 is 0 Å². The summed E-state index contributed by atoms with van der Waals surface area (Å²) in [6.07, 6.45) is 0.225. The molecule has 0 rings (SSSR count). The molecular formula is C7H13NO4. The van der Waals surface area contributed by atoms with Crippen molar-refractivity contribution in [3.63, 3.8) is 0 Å². The molecular weight excluding hydrogens is 162 g/mol. The monoisotopic (exact) mass is 175 g/mol. The quantitative estimate of drug-likeness (QED) is 0.526. The molecule has 1 atom stereocenters. The topological polar surface area (TPSA) is 89.6 Å². The predicted octanol–water partition coefficient (Wildman–Crippen LogP) is -0.606. The largest absolute Gasteiger partial charge is 0.480 e. The highest BCUT2D eigenvalue weighted by Crippen LogP contribution is 1.89. The third-order valence-corrected chi connectivity index (χ3v) is 1.20. The van der Waals surface area contributed by atoms with Crippen LogP contribution in [0, 0.1) is 0 Å². The standard InChI is InChI=1S/C7H13NO4/c1-5(9)4-12-3-2-6(8)7(10)11/h6H,2-4,8H2,1H3,(H,10,11). The van der Waals surface area contributed by atoms with Crippen molar-refractivity contribution in [3.8, 4) is 0 Å². The molecule has 0 amide bonds. The molecule has 1 unspecified atom stereocenters. The highest BCUT2D eigenvalue weighted by molar-refractivity contribution is 5.76. The fourth-order valence-corrected chi connectivity index (χ4v) is 0.550. The van der Waals surface area contributed by atoms with E-state index in [1.807, 2.05) is 0 Å². The van der Waals surface area contributed by atoms with Gasteiger partial charge in [0.05, 0.1) is 0 Å². The van der Waals surface area contributed by atoms with Gasteiger partial charge in [0.2, 0.25) is 0 Å². The van der Waals surface area contributed by atoms with Crippen molar-refractivity contribution in [1.29, 1.82) is 0 Å². The number of aliphatic carboxylic acids is 1. The summed E-state index contributed by atoms with van der Waals surface area (Å²) in [7, 11) is 0. The van der Waals surface area contributed by atoms with E-state index in [-0.39, 0.29) is 25.4 Å². The number of hydrogen-bond donors (Lipinski definition) is 2. The summed E-state index contributed by atoms with van der Waals surface area (Å²) < 4.78 is 4.82. The molecule has 3 N–H and O–H groups in total. The van der Waals surface area contributed by atoms with Gasteiger partial charge in [0, 0.05) is 6.61 Å². The van der Waals surface area contributed by atoms with Crippen LogP contribution in [0.25, 0.3) is 0 Å². The lowest BCUT2D eigenvalue weighted by Gasteiger charge is -2.05. The summed E-state index contributed by atoms with van der Waals surface area (Å²) >= 11 is 0. The van der Waals surface area contributed by atoms with E-state index in [1.165, 1.54) is 6.92 Å². The predicted molar refractivity (Wildman–Crippen MR) is 41.7 cm³/mol. The van der Waals surface area contributed by atoms with Crippen molar-refractivity contribution in [2.45, 2.75) is 19.4 Å². The Morgan fingerprint density at radius 3 is 2.58 bits per heavy atom. The number of carboxylic acids is 1. The molecule has 0 aromatic rings. The van der Waals surface area contributed by atoms with Crippen molar-refractivity contribution >= 4 is 11.8 Å². The first kappa shape index (κ1) is 11.1. The van der Waals surface area contributed by atoms with E-state index in [0.717, 1.165) is 0 Å². The molecule has 5 nitrogen and oxygen atoms in total. The van der Waals surface area contributed by atoms with E-state index in [2.05, 4.69) is 0 Å². The maximum atomic E-state index is 10.3. The Bertz CT molecular complexity index is 169. The number of ketones is 1. The smallest absolute Gasteiger partial charge is 0.320 e. The normalized spacial score (nSPS) is 12.5. The fourth-order valence-electron chi connectivity index (χ4n) is 0.550. The number of hydrogen-bond acceptors (Lipinski definition) is 4. The Labute approximate surface area is 70.5 Å². The SMILES string of the molecule is CC(=O)COCCC(N)C(=O)O. The average molecular weight is 175 g/mol. The Morgan fingerprint density at radius 2 is 2.17 bits per heavy atom. The van der Waals surface area contributed by atoms with E-state index >= 15 is 0 Å². The van der Waals surface area contributed by atoms with E-state index in [9.17, 15) is 9.59 Å². The lowest BCUT2D eigenvalue weighted by atomic mass is 10.2. The second kappa shape index (κ2) is 5.68. The molecule has 0 saturated heterocycles. The van der Waals surface area contributed by atoms with Crippen molar-refractivity contribution in [2.75, 3.05) is 13.2 Å². The first-order chi connectivity index (χ1) is 5.54. The minimum Gasteiger partial charge on any atom is -0.480 e. The highest BCUT2D eigenvalue weighted by Gasteiger charge is 2.10. The minimum absolute atomic E-state index is 0.0202. The Kier molecular flexibility index (Phi) is 5.23. The number of nitrogens with two attached hydrogens (primary N) is 1. The number of carbonyl (C=O) groups excluding carboxylic acids is 1. The van der Waals surface area contributed by atoms with Crippen LogP contribution in [0.5, 0.6) is 0 Å². The molecule has 0 fully saturated rings. The van der Waals surface area contributed by atoms with Gasteiger partial charge in [0.1, 0.15) is 12.6 Å². The summed E-state index contributed by atoms with van der Waals surface area (Å²) in [5.74, 6) is -1.14. The number of carbonyl (C=O) groups is 2. The molecule has 0 heterocycles. The Balaban J connectivity index is 3.31. The second-order valence-electron chi connectivity index (χ2n) is 2.49. The van der Waals surface area contributed by atoms with Gasteiger partial charge in [-0.15, -0.1) is 0 Å². The second-order valence-corrected chi connectivity index (χ2v) is 2.49. The summed E-state index contributed by atoms with van der Waals surface area (Å²) in [4.78, 5) is 20.5. The van der Waals surface area contributed by atoms with Crippen LogP contribution in [0.15, 0.2) is 0 Å². The van der Waals surface area contributed by atoms with Gasteiger partial charge in [-0.3, -0.25) is 9.59 Å². The van der Waals surface area contributed by atoms with Crippen molar-refractivity contribution in [3.05, 3.63) is 0 Å². The van der Waals surface area contributed by atoms with Crippen LogP contribution in [-0.4, -0.2) is 36.1 Å². The van der Waals surface area contributed by atoms with E-state index in [4.69, 9.17) is 15.6 Å². The van der Waals surface area contributed by atoms with E-state index < -0.39 is 12.0 Å². The van der Waals surface area contributed by atoms with Gasteiger partial charge < -0.3 is 15.6 Å². The highest BCUT2D eigenvalue weighted by atomic mass is 16.5. The molecule has 0 aliphatic carbocycles. The van der Waals surface area contributed by atoms with Crippen LogP contribution in [0.3, 0.4) is 0 Å². The van der Waals surface area contributed by atoms with Gasteiger partial charge in [0.25, 0.3) is 0 Å². The van der Waals surface area contributed by atoms with E-state index in [0.29, 0.717) is 0 Å².